The molecule has 0 aromatic heterocycles. The van der Waals surface area contributed by atoms with E-state index in [1.807, 2.05) is 0 Å². The van der Waals surface area contributed by atoms with Crippen LogP contribution in [-0.2, 0) is 14.8 Å². The maximum absolute atomic E-state index is 13.5. The van der Waals surface area contributed by atoms with Crippen molar-refractivity contribution in [2.45, 2.75) is 4.90 Å². The summed E-state index contributed by atoms with van der Waals surface area (Å²) in [6.45, 7) is -0.613. The Labute approximate surface area is 201 Å². The topological polar surface area (TPSA) is 140 Å². The van der Waals surface area contributed by atoms with Gasteiger partial charge in [0.15, 0.2) is 0 Å². The maximum atomic E-state index is 13.5. The van der Waals surface area contributed by atoms with E-state index in [1.54, 1.807) is 24.3 Å². The first kappa shape index (κ1) is 25.2. The first-order chi connectivity index (χ1) is 16.8. The predicted molar refractivity (Wildman–Crippen MR) is 129 cm³/mol. The molecular weight excluding hydrogens is 476 g/mol. The number of hydrogen-bond acceptors (Lipinski definition) is 8. The highest BCUT2D eigenvalue weighted by atomic mass is 32.2. The third-order valence-corrected chi connectivity index (χ3v) is 6.55. The summed E-state index contributed by atoms with van der Waals surface area (Å²) >= 11 is 0. The lowest BCUT2D eigenvalue weighted by atomic mass is 10.2. The molecule has 0 unspecified atom stereocenters. The summed E-state index contributed by atoms with van der Waals surface area (Å²) < 4.78 is 38.4. The first-order valence-corrected chi connectivity index (χ1v) is 11.6. The number of hydrazone groups is 1. The summed E-state index contributed by atoms with van der Waals surface area (Å²) in [5.41, 5.74) is 2.79. The molecule has 11 nitrogen and oxygen atoms in total. The smallest absolute Gasteiger partial charge is 0.269 e. The number of benzene rings is 3. The van der Waals surface area contributed by atoms with Crippen LogP contribution in [0.1, 0.15) is 5.56 Å². The van der Waals surface area contributed by atoms with Gasteiger partial charge in [-0.1, -0.05) is 18.2 Å². The number of nitrogens with one attached hydrogen (secondary N) is 1. The lowest BCUT2D eigenvalue weighted by molar-refractivity contribution is -0.384. The van der Waals surface area contributed by atoms with Gasteiger partial charge >= 0.3 is 0 Å². The SMILES string of the molecule is COc1ccc(OC)c(N(CC(=O)N/N=C\c2ccc([N+](=O)[O-])cc2)S(=O)(=O)c2ccccc2)c1. The Morgan fingerprint density at radius 1 is 1.06 bits per heavy atom. The largest absolute Gasteiger partial charge is 0.497 e. The van der Waals surface area contributed by atoms with E-state index in [-0.39, 0.29) is 22.0 Å². The number of ether oxygens (including phenoxy) is 2. The molecular formula is C23H22N4O7S. The fourth-order valence-corrected chi connectivity index (χ4v) is 4.48. The van der Waals surface area contributed by atoms with E-state index in [0.717, 1.165) is 4.31 Å². The number of non-ortho nitro benzene ring substituents is 1. The lowest BCUT2D eigenvalue weighted by Gasteiger charge is -2.25. The van der Waals surface area contributed by atoms with Crippen LogP contribution < -0.4 is 19.2 Å². The fourth-order valence-electron chi connectivity index (χ4n) is 3.04. The lowest BCUT2D eigenvalue weighted by Crippen LogP contribution is -2.39. The van der Waals surface area contributed by atoms with Crippen LogP contribution >= 0.6 is 0 Å². The minimum absolute atomic E-state index is 0.0212. The van der Waals surface area contributed by atoms with Crippen LogP contribution in [0.15, 0.2) is 82.8 Å². The van der Waals surface area contributed by atoms with Crippen LogP contribution in [0.4, 0.5) is 11.4 Å². The summed E-state index contributed by atoms with van der Waals surface area (Å²) in [6.07, 6.45) is 1.28. The van der Waals surface area contributed by atoms with Crippen LogP contribution in [0, 0.1) is 10.1 Å². The van der Waals surface area contributed by atoms with Crippen LogP contribution in [0.5, 0.6) is 11.5 Å². The van der Waals surface area contributed by atoms with Gasteiger partial charge in [-0.15, -0.1) is 0 Å². The minimum atomic E-state index is -4.18. The molecule has 12 heteroatoms. The number of nitrogens with zero attached hydrogens (tertiary/aromatic N) is 3. The van der Waals surface area contributed by atoms with Crippen molar-refractivity contribution in [1.82, 2.24) is 5.43 Å². The number of hydrogen-bond donors (Lipinski definition) is 1. The van der Waals surface area contributed by atoms with Gasteiger partial charge in [0.1, 0.15) is 18.0 Å². The average Bonchev–Trinajstić information content (AvgIpc) is 2.87. The summed E-state index contributed by atoms with van der Waals surface area (Å²) in [7, 11) is -1.36. The van der Waals surface area contributed by atoms with Gasteiger partial charge in [-0.3, -0.25) is 19.2 Å². The Kier molecular flexibility index (Phi) is 8.00. The van der Waals surface area contributed by atoms with E-state index < -0.39 is 27.4 Å². The van der Waals surface area contributed by atoms with E-state index in [9.17, 15) is 23.3 Å². The van der Waals surface area contributed by atoms with Crippen molar-refractivity contribution in [2.24, 2.45) is 5.10 Å². The molecule has 0 heterocycles. The second kappa shape index (κ2) is 11.1. The zero-order valence-corrected chi connectivity index (χ0v) is 19.6. The summed E-state index contributed by atoms with van der Waals surface area (Å²) in [5.74, 6) is -0.148. The molecule has 1 N–H and O–H groups in total. The number of anilines is 1. The van der Waals surface area contributed by atoms with E-state index in [4.69, 9.17) is 9.47 Å². The van der Waals surface area contributed by atoms with E-state index in [0.29, 0.717) is 11.3 Å². The second-order valence-corrected chi connectivity index (χ2v) is 8.87. The van der Waals surface area contributed by atoms with Gasteiger partial charge in [0.05, 0.1) is 35.9 Å². The number of methoxy groups -OCH3 is 2. The molecule has 0 atom stereocenters. The van der Waals surface area contributed by atoms with E-state index in [2.05, 4.69) is 10.5 Å². The summed E-state index contributed by atoms with van der Waals surface area (Å²) in [6, 6.07) is 17.8. The fraction of sp³-hybridized carbons (Fsp3) is 0.130. The van der Waals surface area contributed by atoms with Crippen LogP contribution in [0.3, 0.4) is 0 Å². The van der Waals surface area contributed by atoms with E-state index >= 15 is 0 Å². The van der Waals surface area contributed by atoms with Crippen molar-refractivity contribution in [2.75, 3.05) is 25.1 Å². The Bertz CT molecular complexity index is 1330. The molecule has 0 aliphatic carbocycles. The van der Waals surface area contributed by atoms with Crippen molar-refractivity contribution in [3.8, 4) is 11.5 Å². The molecule has 0 radical (unpaired) electrons. The molecule has 0 saturated carbocycles. The molecule has 0 aliphatic rings. The number of nitro groups is 1. The summed E-state index contributed by atoms with van der Waals surface area (Å²) in [5, 5.41) is 14.6. The molecule has 3 rings (SSSR count). The van der Waals surface area contributed by atoms with Crippen molar-refractivity contribution >= 4 is 33.5 Å². The van der Waals surface area contributed by atoms with Gasteiger partial charge < -0.3 is 9.47 Å². The molecule has 0 spiro atoms. The predicted octanol–water partition coefficient (Wildman–Crippen LogP) is 2.96. The molecule has 0 bridgehead atoms. The quantitative estimate of drug-likeness (QED) is 0.257. The Morgan fingerprint density at radius 2 is 1.74 bits per heavy atom. The number of amides is 1. The minimum Gasteiger partial charge on any atom is -0.497 e. The van der Waals surface area contributed by atoms with Gasteiger partial charge in [0.2, 0.25) is 0 Å². The number of rotatable bonds is 10. The Hall–Kier alpha value is -4.45. The second-order valence-electron chi connectivity index (χ2n) is 7.00. The first-order valence-electron chi connectivity index (χ1n) is 10.1. The summed E-state index contributed by atoms with van der Waals surface area (Å²) in [4.78, 5) is 22.9. The van der Waals surface area contributed by atoms with Crippen molar-refractivity contribution in [3.05, 3.63) is 88.5 Å². The van der Waals surface area contributed by atoms with Crippen molar-refractivity contribution in [1.29, 1.82) is 0 Å². The number of carbonyl (C=O) groups excluding carboxylic acids is 1. The van der Waals surface area contributed by atoms with Crippen LogP contribution in [0.25, 0.3) is 0 Å². The Balaban J connectivity index is 1.89. The molecule has 182 valence electrons. The monoisotopic (exact) mass is 498 g/mol. The standard InChI is InChI=1S/C23H22N4O7S/c1-33-19-12-13-22(34-2)21(14-19)26(35(31,32)20-6-4-3-5-7-20)16-23(28)25-24-15-17-8-10-18(11-9-17)27(29)30/h3-15H,16H2,1-2H3,(H,25,28)/b24-15-. The molecule has 0 aliphatic heterocycles. The molecule has 1 amide bonds. The van der Waals surface area contributed by atoms with Crippen molar-refractivity contribution < 1.29 is 27.6 Å². The normalized spacial score (nSPS) is 11.1. The zero-order chi connectivity index (χ0) is 25.4. The molecule has 3 aromatic carbocycles. The van der Waals surface area contributed by atoms with Crippen LogP contribution in [0.2, 0.25) is 0 Å². The highest BCUT2D eigenvalue weighted by molar-refractivity contribution is 7.92. The van der Waals surface area contributed by atoms with Gasteiger partial charge in [0, 0.05) is 18.2 Å². The van der Waals surface area contributed by atoms with Gasteiger partial charge in [-0.2, -0.15) is 5.10 Å². The van der Waals surface area contributed by atoms with Gasteiger partial charge in [0.25, 0.3) is 21.6 Å². The molecule has 3 aromatic rings. The highest BCUT2D eigenvalue weighted by Crippen LogP contribution is 2.35. The maximum Gasteiger partial charge on any atom is 0.269 e. The molecule has 0 fully saturated rings. The third kappa shape index (κ3) is 6.12. The number of nitro benzene ring substituents is 1. The van der Waals surface area contributed by atoms with Crippen molar-refractivity contribution in [3.63, 3.8) is 0 Å². The van der Waals surface area contributed by atoms with Gasteiger partial charge in [-0.25, -0.2) is 13.8 Å². The number of carbonyl (C=O) groups is 1. The third-order valence-electron chi connectivity index (χ3n) is 4.78. The Morgan fingerprint density at radius 3 is 2.34 bits per heavy atom. The molecule has 0 saturated heterocycles. The molecule has 35 heavy (non-hydrogen) atoms. The zero-order valence-electron chi connectivity index (χ0n) is 18.8. The highest BCUT2D eigenvalue weighted by Gasteiger charge is 2.29. The van der Waals surface area contributed by atoms with Gasteiger partial charge in [-0.05, 0) is 42.0 Å². The van der Waals surface area contributed by atoms with E-state index in [1.165, 1.54) is 69.0 Å². The van der Waals surface area contributed by atoms with Crippen LogP contribution in [-0.4, -0.2) is 46.2 Å². The average molecular weight is 499 g/mol. The number of sulfonamides is 1.